The number of aryl methyl sites for hydroxylation is 1. The maximum Gasteiger partial charge on any atom is 0.303 e. The van der Waals surface area contributed by atoms with E-state index < -0.39 is 29.4 Å². The summed E-state index contributed by atoms with van der Waals surface area (Å²) in [4.78, 5) is 53.0. The van der Waals surface area contributed by atoms with Gasteiger partial charge in [-0.2, -0.15) is 0 Å². The molecule has 1 spiro atoms. The minimum atomic E-state index is -1.39. The summed E-state index contributed by atoms with van der Waals surface area (Å²) in [6, 6.07) is 14.5. The van der Waals surface area contributed by atoms with Crippen LogP contribution in [0.1, 0.15) is 29.5 Å². The number of amides is 3. The number of nitrogens with one attached hydrogen (secondary N) is 2. The topological polar surface area (TPSA) is 116 Å². The molecule has 2 aromatic carbocycles. The fourth-order valence-corrected chi connectivity index (χ4v) is 5.61. The molecule has 0 bridgehead atoms. The normalized spacial score (nSPS) is 27.7. The van der Waals surface area contributed by atoms with Crippen LogP contribution < -0.4 is 10.6 Å². The van der Waals surface area contributed by atoms with E-state index in [1.54, 1.807) is 6.07 Å². The van der Waals surface area contributed by atoms with Gasteiger partial charge in [0.15, 0.2) is 0 Å². The number of likely N-dealkylation sites (tertiary alicyclic amines) is 1. The number of aliphatic carboxylic acids is 1. The second-order valence-corrected chi connectivity index (χ2v) is 9.06. The standard InChI is InChI=1S/C25H25N3O5/c1-14-7-8-17-16(13-14)25(24(33)26-17)21-20(18(27-25)9-10-19(29)30)22(31)28(23(21)32)12-11-15-5-3-2-4-6-15/h2-8,13,18,20-21,27H,9-12H2,1H3,(H,26,33)(H,29,30)/t18-,20+,21-,25-/m0/s1. The van der Waals surface area contributed by atoms with Gasteiger partial charge in [0.05, 0.1) is 11.8 Å². The molecule has 8 heteroatoms. The molecule has 3 heterocycles. The van der Waals surface area contributed by atoms with Gasteiger partial charge in [0, 0.05) is 30.3 Å². The quantitative estimate of drug-likeness (QED) is 0.582. The number of hydrogen-bond donors (Lipinski definition) is 3. The molecule has 0 saturated carbocycles. The van der Waals surface area contributed by atoms with Gasteiger partial charge in [0.2, 0.25) is 17.7 Å². The minimum Gasteiger partial charge on any atom is -0.481 e. The number of hydrogen-bond acceptors (Lipinski definition) is 5. The van der Waals surface area contributed by atoms with E-state index in [0.717, 1.165) is 11.1 Å². The van der Waals surface area contributed by atoms with Crippen LogP contribution in [0.2, 0.25) is 0 Å². The van der Waals surface area contributed by atoms with Gasteiger partial charge in [0.1, 0.15) is 5.54 Å². The maximum absolute atomic E-state index is 13.7. The second-order valence-electron chi connectivity index (χ2n) is 9.06. The zero-order valence-electron chi connectivity index (χ0n) is 18.2. The molecule has 2 saturated heterocycles. The molecule has 0 radical (unpaired) electrons. The van der Waals surface area contributed by atoms with Crippen LogP contribution >= 0.6 is 0 Å². The van der Waals surface area contributed by atoms with Gasteiger partial charge in [-0.05, 0) is 31.4 Å². The smallest absolute Gasteiger partial charge is 0.303 e. The van der Waals surface area contributed by atoms with E-state index in [4.69, 9.17) is 0 Å². The van der Waals surface area contributed by atoms with E-state index in [-0.39, 0.29) is 37.1 Å². The van der Waals surface area contributed by atoms with Crippen molar-refractivity contribution in [3.05, 3.63) is 65.2 Å². The Kier molecular flexibility index (Phi) is 5.05. The highest BCUT2D eigenvalue weighted by atomic mass is 16.4. The number of benzene rings is 2. The highest BCUT2D eigenvalue weighted by molar-refractivity contribution is 6.15. The first-order chi connectivity index (χ1) is 15.8. The number of carboxylic acids is 1. The number of nitrogens with zero attached hydrogens (tertiary/aromatic N) is 1. The third-order valence-electron chi connectivity index (χ3n) is 7.10. The van der Waals surface area contributed by atoms with Crippen LogP contribution in [-0.4, -0.2) is 46.3 Å². The van der Waals surface area contributed by atoms with Crippen LogP contribution in [0.5, 0.6) is 0 Å². The number of anilines is 1. The molecule has 2 fully saturated rings. The van der Waals surface area contributed by atoms with Crippen molar-refractivity contribution >= 4 is 29.4 Å². The van der Waals surface area contributed by atoms with Gasteiger partial charge in [-0.3, -0.25) is 29.4 Å². The summed E-state index contributed by atoms with van der Waals surface area (Å²) >= 11 is 0. The summed E-state index contributed by atoms with van der Waals surface area (Å²) in [5.41, 5.74) is 1.80. The van der Waals surface area contributed by atoms with Crippen LogP contribution in [0.4, 0.5) is 5.69 Å². The summed E-state index contributed by atoms with van der Waals surface area (Å²) in [5.74, 6) is -3.78. The van der Waals surface area contributed by atoms with Gasteiger partial charge < -0.3 is 10.4 Å². The molecule has 0 aliphatic carbocycles. The van der Waals surface area contributed by atoms with Crippen LogP contribution in [0.3, 0.4) is 0 Å². The molecule has 3 aliphatic rings. The molecule has 170 valence electrons. The van der Waals surface area contributed by atoms with E-state index in [2.05, 4.69) is 10.6 Å². The largest absolute Gasteiger partial charge is 0.481 e. The Balaban J connectivity index is 1.53. The first-order valence-corrected chi connectivity index (χ1v) is 11.1. The molecular weight excluding hydrogens is 422 g/mol. The fraction of sp³-hybridized carbons (Fsp3) is 0.360. The fourth-order valence-electron chi connectivity index (χ4n) is 5.61. The lowest BCUT2D eigenvalue weighted by Crippen LogP contribution is -2.53. The summed E-state index contributed by atoms with van der Waals surface area (Å²) in [5, 5.41) is 15.4. The van der Waals surface area contributed by atoms with E-state index in [1.807, 2.05) is 49.4 Å². The summed E-state index contributed by atoms with van der Waals surface area (Å²) < 4.78 is 0. The lowest BCUT2D eigenvalue weighted by atomic mass is 9.76. The van der Waals surface area contributed by atoms with Gasteiger partial charge >= 0.3 is 5.97 Å². The van der Waals surface area contributed by atoms with Gasteiger partial charge in [-0.15, -0.1) is 0 Å². The van der Waals surface area contributed by atoms with Crippen LogP contribution in [-0.2, 0) is 31.1 Å². The first-order valence-electron chi connectivity index (χ1n) is 11.1. The predicted molar refractivity (Wildman–Crippen MR) is 119 cm³/mol. The average Bonchev–Trinajstić information content (AvgIpc) is 3.37. The van der Waals surface area contributed by atoms with Crippen molar-refractivity contribution in [3.63, 3.8) is 0 Å². The van der Waals surface area contributed by atoms with Crippen molar-refractivity contribution in [2.45, 2.75) is 37.8 Å². The van der Waals surface area contributed by atoms with E-state index in [1.165, 1.54) is 4.90 Å². The lowest BCUT2D eigenvalue weighted by Gasteiger charge is -2.29. The Morgan fingerprint density at radius 1 is 1.09 bits per heavy atom. The lowest BCUT2D eigenvalue weighted by molar-refractivity contribution is -0.143. The zero-order chi connectivity index (χ0) is 23.3. The van der Waals surface area contributed by atoms with E-state index in [0.29, 0.717) is 17.7 Å². The Morgan fingerprint density at radius 3 is 2.58 bits per heavy atom. The van der Waals surface area contributed by atoms with E-state index in [9.17, 15) is 24.3 Å². The molecule has 3 N–H and O–H groups in total. The summed E-state index contributed by atoms with van der Waals surface area (Å²) in [6.45, 7) is 2.12. The van der Waals surface area contributed by atoms with Crippen molar-refractivity contribution in [2.24, 2.45) is 11.8 Å². The molecule has 0 unspecified atom stereocenters. The Hall–Kier alpha value is -3.52. The van der Waals surface area contributed by atoms with Gasteiger partial charge in [-0.25, -0.2) is 0 Å². The molecule has 5 rings (SSSR count). The van der Waals surface area contributed by atoms with Crippen molar-refractivity contribution in [1.29, 1.82) is 0 Å². The van der Waals surface area contributed by atoms with Gasteiger partial charge in [0.25, 0.3) is 0 Å². The third-order valence-corrected chi connectivity index (χ3v) is 7.10. The zero-order valence-corrected chi connectivity index (χ0v) is 18.2. The van der Waals surface area contributed by atoms with Crippen LogP contribution in [0.15, 0.2) is 48.5 Å². The predicted octanol–water partition coefficient (Wildman–Crippen LogP) is 1.82. The first kappa shape index (κ1) is 21.3. The molecule has 0 aromatic heterocycles. The molecule has 3 amide bonds. The monoisotopic (exact) mass is 447 g/mol. The van der Waals surface area contributed by atoms with Crippen molar-refractivity contribution in [2.75, 3.05) is 11.9 Å². The number of rotatable bonds is 6. The molecule has 8 nitrogen and oxygen atoms in total. The molecule has 3 aliphatic heterocycles. The van der Waals surface area contributed by atoms with Crippen molar-refractivity contribution < 1.29 is 24.3 Å². The Labute approximate surface area is 191 Å². The summed E-state index contributed by atoms with van der Waals surface area (Å²) in [6.07, 6.45) is 0.503. The summed E-state index contributed by atoms with van der Waals surface area (Å²) in [7, 11) is 0. The third kappa shape index (κ3) is 3.24. The molecule has 4 atom stereocenters. The number of imide groups is 1. The van der Waals surface area contributed by atoms with E-state index >= 15 is 0 Å². The number of carboxylic acid groups (broad SMARTS) is 1. The Bertz CT molecular complexity index is 1160. The Morgan fingerprint density at radius 2 is 1.85 bits per heavy atom. The number of fused-ring (bicyclic) bond motifs is 4. The SMILES string of the molecule is Cc1ccc2c(c1)[C@@]1(N[C@@H](CCC(=O)O)[C@H]3C(=O)N(CCc4ccccc4)C(=O)[C@H]31)C(=O)N2. The second kappa shape index (κ2) is 7.81. The molecule has 33 heavy (non-hydrogen) atoms. The number of carbonyl (C=O) groups excluding carboxylic acids is 3. The van der Waals surface area contributed by atoms with Crippen molar-refractivity contribution in [3.8, 4) is 0 Å². The van der Waals surface area contributed by atoms with Crippen LogP contribution in [0.25, 0.3) is 0 Å². The maximum atomic E-state index is 13.7. The molecule has 2 aromatic rings. The van der Waals surface area contributed by atoms with Gasteiger partial charge in [-0.1, -0.05) is 48.0 Å². The van der Waals surface area contributed by atoms with Crippen molar-refractivity contribution in [1.82, 2.24) is 10.2 Å². The number of carbonyl (C=O) groups is 4. The minimum absolute atomic E-state index is 0.151. The molecular formula is C25H25N3O5. The highest BCUT2D eigenvalue weighted by Gasteiger charge is 2.70. The highest BCUT2D eigenvalue weighted by Crippen LogP contribution is 2.53. The van der Waals surface area contributed by atoms with Crippen LogP contribution in [0, 0.1) is 18.8 Å². The average molecular weight is 447 g/mol.